The minimum absolute atomic E-state index is 0.312. The number of alkyl halides is 3. The van der Waals surface area contributed by atoms with E-state index in [9.17, 15) is 22.4 Å². The highest BCUT2D eigenvalue weighted by Crippen LogP contribution is 2.30. The summed E-state index contributed by atoms with van der Waals surface area (Å²) in [5, 5.41) is 2.39. The van der Waals surface area contributed by atoms with Crippen molar-refractivity contribution in [2.45, 2.75) is 25.6 Å². The van der Waals surface area contributed by atoms with Crippen LogP contribution in [0.15, 0.2) is 18.2 Å². The Balaban J connectivity index is 2.96. The number of halogens is 4. The molecule has 0 radical (unpaired) electrons. The number of nitrogens with one attached hydrogen (secondary N) is 1. The van der Waals surface area contributed by atoms with Crippen LogP contribution >= 0.6 is 0 Å². The molecule has 0 aromatic heterocycles. The molecule has 1 amide bonds. The number of amides is 1. The van der Waals surface area contributed by atoms with Crippen molar-refractivity contribution in [3.8, 4) is 0 Å². The molecule has 1 rings (SSSR count). The summed E-state index contributed by atoms with van der Waals surface area (Å²) in [5.41, 5.74) is 3.59. The Hall–Kier alpha value is -1.63. The van der Waals surface area contributed by atoms with Gasteiger partial charge in [0.2, 0.25) is 0 Å². The van der Waals surface area contributed by atoms with Crippen LogP contribution in [0.3, 0.4) is 0 Å². The molecule has 1 aromatic rings. The fourth-order valence-corrected chi connectivity index (χ4v) is 1.50. The maximum atomic E-state index is 13.4. The Labute approximate surface area is 107 Å². The topological polar surface area (TPSA) is 55.1 Å². The van der Waals surface area contributed by atoms with E-state index in [1.165, 1.54) is 0 Å². The molecule has 0 aliphatic rings. The maximum Gasteiger partial charge on any atom is 0.416 e. The molecule has 3 nitrogen and oxygen atoms in total. The molecule has 0 aliphatic carbocycles. The van der Waals surface area contributed by atoms with Gasteiger partial charge in [0.05, 0.1) is 11.1 Å². The van der Waals surface area contributed by atoms with Gasteiger partial charge in [-0.25, -0.2) is 4.39 Å². The Bertz CT molecular complexity index is 460. The normalized spacial score (nSPS) is 13.2. The summed E-state index contributed by atoms with van der Waals surface area (Å²) in [6, 6.07) is 1.38. The lowest BCUT2D eigenvalue weighted by molar-refractivity contribution is -0.137. The van der Waals surface area contributed by atoms with Crippen molar-refractivity contribution in [3.63, 3.8) is 0 Å². The lowest BCUT2D eigenvalue weighted by Gasteiger charge is -2.14. The standard InChI is InChI=1S/C12H14F4N2O/c1-7(4-5-17)18-11(19)9-6-8(12(14,15)16)2-3-10(9)13/h2-3,6-7H,4-5,17H2,1H3,(H,18,19). The van der Waals surface area contributed by atoms with Crippen LogP contribution in [0.4, 0.5) is 17.6 Å². The summed E-state index contributed by atoms with van der Waals surface area (Å²) in [4.78, 5) is 11.7. The smallest absolute Gasteiger partial charge is 0.349 e. The van der Waals surface area contributed by atoms with E-state index >= 15 is 0 Å². The summed E-state index contributed by atoms with van der Waals surface area (Å²) in [5.74, 6) is -1.88. The zero-order valence-electron chi connectivity index (χ0n) is 10.2. The van der Waals surface area contributed by atoms with Gasteiger partial charge in [0.1, 0.15) is 5.82 Å². The van der Waals surface area contributed by atoms with Gasteiger partial charge in [-0.1, -0.05) is 0 Å². The lowest BCUT2D eigenvalue weighted by Crippen LogP contribution is -2.34. The van der Waals surface area contributed by atoms with Crippen molar-refractivity contribution in [1.82, 2.24) is 5.32 Å². The first-order chi connectivity index (χ1) is 8.75. The molecular weight excluding hydrogens is 264 g/mol. The van der Waals surface area contributed by atoms with Crippen LogP contribution in [-0.4, -0.2) is 18.5 Å². The minimum Gasteiger partial charge on any atom is -0.349 e. The van der Waals surface area contributed by atoms with Gasteiger partial charge in [-0.2, -0.15) is 13.2 Å². The summed E-state index contributed by atoms with van der Waals surface area (Å²) >= 11 is 0. The molecule has 0 spiro atoms. The van der Waals surface area contributed by atoms with Crippen LogP contribution in [0.1, 0.15) is 29.3 Å². The second-order valence-electron chi connectivity index (χ2n) is 4.14. The molecule has 1 atom stereocenters. The first kappa shape index (κ1) is 15.4. The SMILES string of the molecule is CC(CCN)NC(=O)c1cc(C(F)(F)F)ccc1F. The van der Waals surface area contributed by atoms with Crippen molar-refractivity contribution < 1.29 is 22.4 Å². The summed E-state index contributed by atoms with van der Waals surface area (Å²) in [7, 11) is 0. The van der Waals surface area contributed by atoms with E-state index in [4.69, 9.17) is 5.73 Å². The quantitative estimate of drug-likeness (QED) is 0.830. The second kappa shape index (κ2) is 6.01. The van der Waals surface area contributed by atoms with E-state index in [0.29, 0.717) is 31.2 Å². The van der Waals surface area contributed by atoms with E-state index in [-0.39, 0.29) is 6.04 Å². The first-order valence-electron chi connectivity index (χ1n) is 5.63. The number of carbonyl (C=O) groups is 1. The van der Waals surface area contributed by atoms with Crippen molar-refractivity contribution in [1.29, 1.82) is 0 Å². The van der Waals surface area contributed by atoms with Gasteiger partial charge in [0.25, 0.3) is 5.91 Å². The number of hydrogen-bond acceptors (Lipinski definition) is 2. The fraction of sp³-hybridized carbons (Fsp3) is 0.417. The highest BCUT2D eigenvalue weighted by atomic mass is 19.4. The third-order valence-corrected chi connectivity index (χ3v) is 2.52. The van der Waals surface area contributed by atoms with Crippen LogP contribution in [0, 0.1) is 5.82 Å². The van der Waals surface area contributed by atoms with Gasteiger partial charge >= 0.3 is 6.18 Å². The number of benzene rings is 1. The molecule has 7 heteroatoms. The van der Waals surface area contributed by atoms with Crippen LogP contribution in [0.5, 0.6) is 0 Å². The largest absolute Gasteiger partial charge is 0.416 e. The molecule has 106 valence electrons. The highest BCUT2D eigenvalue weighted by Gasteiger charge is 2.32. The van der Waals surface area contributed by atoms with E-state index in [1.54, 1.807) is 6.92 Å². The first-order valence-corrected chi connectivity index (χ1v) is 5.63. The summed E-state index contributed by atoms with van der Waals surface area (Å²) in [6.45, 7) is 1.95. The summed E-state index contributed by atoms with van der Waals surface area (Å²) in [6.07, 6.45) is -4.17. The van der Waals surface area contributed by atoms with Crippen LogP contribution < -0.4 is 11.1 Å². The molecule has 0 saturated heterocycles. The van der Waals surface area contributed by atoms with E-state index in [1.807, 2.05) is 0 Å². The van der Waals surface area contributed by atoms with Crippen LogP contribution in [0.2, 0.25) is 0 Å². The van der Waals surface area contributed by atoms with Crippen LogP contribution in [0.25, 0.3) is 0 Å². The molecule has 0 heterocycles. The van der Waals surface area contributed by atoms with Gasteiger partial charge in [0.15, 0.2) is 0 Å². The predicted octanol–water partition coefficient (Wildman–Crippen LogP) is 2.31. The Kier molecular flexibility index (Phi) is 4.88. The monoisotopic (exact) mass is 278 g/mol. The lowest BCUT2D eigenvalue weighted by atomic mass is 10.1. The van der Waals surface area contributed by atoms with Crippen LogP contribution in [-0.2, 0) is 6.18 Å². The van der Waals surface area contributed by atoms with Gasteiger partial charge in [-0.3, -0.25) is 4.79 Å². The molecule has 1 aromatic carbocycles. The average molecular weight is 278 g/mol. The van der Waals surface area contributed by atoms with E-state index in [2.05, 4.69) is 5.32 Å². The van der Waals surface area contributed by atoms with Gasteiger partial charge in [0, 0.05) is 6.04 Å². The molecule has 3 N–H and O–H groups in total. The maximum absolute atomic E-state index is 13.4. The van der Waals surface area contributed by atoms with Gasteiger partial charge < -0.3 is 11.1 Å². The zero-order valence-corrected chi connectivity index (χ0v) is 10.2. The molecule has 0 fully saturated rings. The molecule has 0 saturated carbocycles. The number of nitrogens with two attached hydrogens (primary N) is 1. The molecule has 19 heavy (non-hydrogen) atoms. The molecule has 0 aliphatic heterocycles. The predicted molar refractivity (Wildman–Crippen MR) is 62.0 cm³/mol. The number of rotatable bonds is 4. The van der Waals surface area contributed by atoms with Gasteiger partial charge in [-0.05, 0) is 38.1 Å². The van der Waals surface area contributed by atoms with Gasteiger partial charge in [-0.15, -0.1) is 0 Å². The number of hydrogen-bond donors (Lipinski definition) is 2. The minimum atomic E-state index is -4.62. The highest BCUT2D eigenvalue weighted by molar-refractivity contribution is 5.94. The Morgan fingerprint density at radius 3 is 2.58 bits per heavy atom. The van der Waals surface area contributed by atoms with E-state index in [0.717, 1.165) is 0 Å². The molecule has 0 bridgehead atoms. The Morgan fingerprint density at radius 2 is 2.05 bits per heavy atom. The van der Waals surface area contributed by atoms with Crippen molar-refractivity contribution in [3.05, 3.63) is 35.1 Å². The fourth-order valence-electron chi connectivity index (χ4n) is 1.50. The number of carbonyl (C=O) groups excluding carboxylic acids is 1. The third kappa shape index (κ3) is 4.20. The van der Waals surface area contributed by atoms with Crippen molar-refractivity contribution >= 4 is 5.91 Å². The Morgan fingerprint density at radius 1 is 1.42 bits per heavy atom. The second-order valence-corrected chi connectivity index (χ2v) is 4.14. The van der Waals surface area contributed by atoms with E-state index < -0.39 is 29.0 Å². The molecular formula is C12H14F4N2O. The van der Waals surface area contributed by atoms with Crippen molar-refractivity contribution in [2.24, 2.45) is 5.73 Å². The zero-order chi connectivity index (χ0) is 14.6. The molecule has 1 unspecified atom stereocenters. The third-order valence-electron chi connectivity index (χ3n) is 2.52. The average Bonchev–Trinajstić information content (AvgIpc) is 2.27. The summed E-state index contributed by atoms with van der Waals surface area (Å²) < 4.78 is 50.8. The van der Waals surface area contributed by atoms with Crippen molar-refractivity contribution in [2.75, 3.05) is 6.54 Å².